The molecule has 0 aromatic carbocycles. The first-order valence-corrected chi connectivity index (χ1v) is 23.2. The Morgan fingerprint density at radius 2 is 0.660 bits per heavy atom. The minimum absolute atomic E-state index is 1.22. The normalized spacial score (nSPS) is 13.2. The molecule has 0 fully saturated rings. The van der Waals surface area contributed by atoms with Crippen LogP contribution in [-0.4, -0.2) is 0 Å². The van der Waals surface area contributed by atoms with Gasteiger partial charge in [-0.1, -0.05) is 194 Å². The van der Waals surface area contributed by atoms with Crippen molar-refractivity contribution in [1.29, 1.82) is 0 Å². The molecular formula is C42H80F6NP. The average molecular weight is 744 g/mol. The van der Waals surface area contributed by atoms with Gasteiger partial charge >= 0.3 is 33.0 Å². The Balaban J connectivity index is 0.00000308. The zero-order valence-corrected chi connectivity index (χ0v) is 34.0. The second-order valence-corrected chi connectivity index (χ2v) is 17.2. The van der Waals surface area contributed by atoms with Crippen LogP contribution in [0.2, 0.25) is 0 Å². The van der Waals surface area contributed by atoms with Gasteiger partial charge in [0.2, 0.25) is 0 Å². The maximum atomic E-state index is 9.87. The monoisotopic (exact) mass is 744 g/mol. The molecule has 0 aliphatic heterocycles. The summed E-state index contributed by atoms with van der Waals surface area (Å²) in [4.78, 5) is 0. The number of aryl methyl sites for hydroxylation is 3. The van der Waals surface area contributed by atoms with Crippen molar-refractivity contribution < 1.29 is 29.7 Å². The van der Waals surface area contributed by atoms with Crippen LogP contribution in [0, 0.1) is 13.8 Å². The Kier molecular flexibility index (Phi) is 28.2. The number of pyridine rings is 1. The number of aromatic nitrogens is 1. The van der Waals surface area contributed by atoms with E-state index in [-0.39, 0.29) is 0 Å². The molecule has 0 aliphatic carbocycles. The van der Waals surface area contributed by atoms with E-state index in [9.17, 15) is 25.2 Å². The van der Waals surface area contributed by atoms with E-state index in [0.717, 1.165) is 0 Å². The number of halogens is 6. The van der Waals surface area contributed by atoms with E-state index < -0.39 is 7.81 Å². The Labute approximate surface area is 305 Å². The number of hydrogen-bond donors (Lipinski definition) is 0. The van der Waals surface area contributed by atoms with E-state index in [1.54, 1.807) is 5.69 Å². The van der Waals surface area contributed by atoms with Gasteiger partial charge in [-0.25, -0.2) is 4.57 Å². The van der Waals surface area contributed by atoms with E-state index in [4.69, 9.17) is 0 Å². The topological polar surface area (TPSA) is 3.88 Å². The van der Waals surface area contributed by atoms with Crippen molar-refractivity contribution in [3.8, 4) is 0 Å². The minimum atomic E-state index is -10.7. The van der Waals surface area contributed by atoms with E-state index in [2.05, 4.69) is 44.4 Å². The first-order chi connectivity index (χ1) is 23.6. The van der Waals surface area contributed by atoms with Crippen molar-refractivity contribution in [1.82, 2.24) is 0 Å². The molecule has 0 atom stereocenters. The van der Waals surface area contributed by atoms with Crippen molar-refractivity contribution in [2.45, 2.75) is 240 Å². The number of rotatable bonds is 33. The quantitative estimate of drug-likeness (QED) is 0.0292. The Hall–Kier alpha value is -0.840. The zero-order valence-electron chi connectivity index (χ0n) is 33.2. The molecule has 1 rings (SSSR count). The average Bonchev–Trinajstić information content (AvgIpc) is 3.02. The first-order valence-electron chi connectivity index (χ1n) is 21.2. The molecule has 0 N–H and O–H groups in total. The van der Waals surface area contributed by atoms with Crippen LogP contribution in [0.25, 0.3) is 0 Å². The summed E-state index contributed by atoms with van der Waals surface area (Å²) in [6, 6.07) is 4.87. The summed E-state index contributed by atoms with van der Waals surface area (Å²) in [6.45, 7) is 10.4. The number of hydrogen-bond acceptors (Lipinski definition) is 0. The van der Waals surface area contributed by atoms with E-state index in [1.165, 1.54) is 223 Å². The van der Waals surface area contributed by atoms with Crippen molar-refractivity contribution >= 4 is 7.81 Å². The van der Waals surface area contributed by atoms with Gasteiger partial charge in [0.25, 0.3) is 0 Å². The fourth-order valence-corrected chi connectivity index (χ4v) is 7.04. The van der Waals surface area contributed by atoms with Gasteiger partial charge in [-0.3, -0.25) is 0 Å². The summed E-state index contributed by atoms with van der Waals surface area (Å²) in [6.07, 6.45) is 46.0. The summed E-state index contributed by atoms with van der Waals surface area (Å²) < 4.78 is 61.8. The number of nitrogens with zero attached hydrogens (tertiary/aromatic N) is 1. The molecule has 50 heavy (non-hydrogen) atoms. The van der Waals surface area contributed by atoms with Gasteiger partial charge in [-0.15, -0.1) is 0 Å². The fourth-order valence-electron chi connectivity index (χ4n) is 7.04. The van der Waals surface area contributed by atoms with E-state index >= 15 is 0 Å². The second kappa shape index (κ2) is 28.6. The zero-order chi connectivity index (χ0) is 37.5. The predicted octanol–water partition coefficient (Wildman–Crippen LogP) is 17.6. The summed E-state index contributed by atoms with van der Waals surface area (Å²) >= 11 is 0. The van der Waals surface area contributed by atoms with Gasteiger partial charge in [-0.2, -0.15) is 0 Å². The van der Waals surface area contributed by atoms with Crippen molar-refractivity contribution in [3.05, 3.63) is 29.1 Å². The molecule has 0 saturated heterocycles. The Morgan fingerprint density at radius 1 is 0.400 bits per heavy atom. The van der Waals surface area contributed by atoms with Gasteiger partial charge in [0.05, 0.1) is 0 Å². The van der Waals surface area contributed by atoms with Crippen LogP contribution in [0.3, 0.4) is 0 Å². The summed E-state index contributed by atoms with van der Waals surface area (Å²) in [5, 5.41) is 0. The molecule has 0 amide bonds. The van der Waals surface area contributed by atoms with Crippen molar-refractivity contribution in [3.63, 3.8) is 0 Å². The van der Waals surface area contributed by atoms with Crippen molar-refractivity contribution in [2.75, 3.05) is 0 Å². The van der Waals surface area contributed by atoms with Crippen LogP contribution < -0.4 is 4.57 Å². The van der Waals surface area contributed by atoms with E-state index in [0.29, 0.717) is 0 Å². The first kappa shape index (κ1) is 49.2. The molecule has 0 unspecified atom stereocenters. The standard InChI is InChI=1S/C42H80N.F6P/c1-5-7-9-11-13-15-17-19-21-23-25-27-29-31-33-35-37-43-41(4)38-40(3)39-42(43)36-34-32-30-28-26-24-22-20-18-16-14-12-10-8-6-2;1-7(2,3,4,5)6/h38-39H,5-37H2,1-4H3;/q+1;-1. The van der Waals surface area contributed by atoms with Crippen LogP contribution in [0.1, 0.15) is 230 Å². The van der Waals surface area contributed by atoms with Crippen molar-refractivity contribution in [2.24, 2.45) is 0 Å². The van der Waals surface area contributed by atoms with Gasteiger partial charge in [0.15, 0.2) is 11.4 Å². The van der Waals surface area contributed by atoms with Crippen LogP contribution in [0.5, 0.6) is 0 Å². The SMILES string of the molecule is CCCCCCCCCCCCCCCCCC[n+]1c(C)cc(C)cc1CCCCCCCCCCCCCCCCC.F[P-](F)(F)(F)(F)F. The third-order valence-corrected chi connectivity index (χ3v) is 9.88. The third kappa shape index (κ3) is 39.9. The molecule has 0 spiro atoms. The summed E-state index contributed by atoms with van der Waals surface area (Å²) in [7, 11) is -10.7. The Morgan fingerprint density at radius 3 is 0.960 bits per heavy atom. The molecule has 0 bridgehead atoms. The maximum absolute atomic E-state index is 10.7. The molecule has 8 heteroatoms. The van der Waals surface area contributed by atoms with Crippen LogP contribution in [-0.2, 0) is 13.0 Å². The molecule has 0 radical (unpaired) electrons. The fraction of sp³-hybridized carbons (Fsp3) is 0.881. The van der Waals surface area contributed by atoms with Crippen LogP contribution in [0.15, 0.2) is 12.1 Å². The van der Waals surface area contributed by atoms with Gasteiger partial charge in [0, 0.05) is 31.9 Å². The molecule has 1 nitrogen and oxygen atoms in total. The Bertz CT molecular complexity index is 908. The predicted molar refractivity (Wildman–Crippen MR) is 208 cm³/mol. The van der Waals surface area contributed by atoms with Gasteiger partial charge < -0.3 is 0 Å². The third-order valence-electron chi connectivity index (χ3n) is 9.88. The summed E-state index contributed by atoms with van der Waals surface area (Å²) in [5.41, 5.74) is 4.50. The molecule has 1 aromatic rings. The molecule has 1 heterocycles. The molecule has 300 valence electrons. The number of unbranched alkanes of at least 4 members (excludes halogenated alkanes) is 29. The second-order valence-electron chi connectivity index (χ2n) is 15.3. The van der Waals surface area contributed by atoms with Crippen LogP contribution >= 0.6 is 7.81 Å². The van der Waals surface area contributed by atoms with Crippen LogP contribution in [0.4, 0.5) is 25.2 Å². The van der Waals surface area contributed by atoms with E-state index in [1.807, 2.05) is 0 Å². The molecular weight excluding hydrogens is 663 g/mol. The van der Waals surface area contributed by atoms with Gasteiger partial charge in [0.1, 0.15) is 6.54 Å². The molecule has 0 saturated carbocycles. The summed E-state index contributed by atoms with van der Waals surface area (Å²) in [5.74, 6) is 0. The van der Waals surface area contributed by atoms with Gasteiger partial charge in [-0.05, 0) is 25.3 Å². The molecule has 1 aromatic heterocycles. The molecule has 0 aliphatic rings.